The number of nitrogens with zero attached hydrogens (tertiary/aromatic N) is 5. The first-order valence-electron chi connectivity index (χ1n) is 11.3. The van der Waals surface area contributed by atoms with Crippen LogP contribution in [0.3, 0.4) is 0 Å². The zero-order chi connectivity index (χ0) is 20.8. The van der Waals surface area contributed by atoms with Crippen molar-refractivity contribution in [1.82, 2.24) is 29.5 Å². The SMILES string of the molecule is Cc1[nH]ncc1CN1C[C@@H]2C[C@H](C1)c1ccc(CN3CC[C@H](N(C)C)C3)c(=O)n1C2. The van der Waals surface area contributed by atoms with Gasteiger partial charge in [-0.2, -0.15) is 5.10 Å². The fourth-order valence-electron chi connectivity index (χ4n) is 5.73. The molecule has 3 aliphatic heterocycles. The fraction of sp³-hybridized carbons (Fsp3) is 0.652. The first-order chi connectivity index (χ1) is 14.5. The number of H-pyrrole nitrogens is 1. The number of nitrogens with one attached hydrogen (secondary N) is 1. The van der Waals surface area contributed by atoms with E-state index >= 15 is 0 Å². The van der Waals surface area contributed by atoms with E-state index in [0.29, 0.717) is 17.9 Å². The average molecular weight is 411 g/mol. The summed E-state index contributed by atoms with van der Waals surface area (Å²) in [6.07, 6.45) is 4.34. The van der Waals surface area contributed by atoms with Crippen LogP contribution in [0.15, 0.2) is 23.1 Å². The van der Waals surface area contributed by atoms with Crippen LogP contribution in [0.5, 0.6) is 0 Å². The van der Waals surface area contributed by atoms with Crippen LogP contribution in [0.4, 0.5) is 0 Å². The van der Waals surface area contributed by atoms with E-state index in [4.69, 9.17) is 0 Å². The summed E-state index contributed by atoms with van der Waals surface area (Å²) >= 11 is 0. The molecule has 2 fully saturated rings. The zero-order valence-corrected chi connectivity index (χ0v) is 18.5. The predicted octanol–water partition coefficient (Wildman–Crippen LogP) is 1.64. The maximum atomic E-state index is 13.3. The number of aromatic nitrogens is 3. The topological polar surface area (TPSA) is 60.4 Å². The highest BCUT2D eigenvalue weighted by molar-refractivity contribution is 5.23. The summed E-state index contributed by atoms with van der Waals surface area (Å²) in [6, 6.07) is 4.95. The number of pyridine rings is 1. The molecule has 2 aromatic heterocycles. The summed E-state index contributed by atoms with van der Waals surface area (Å²) in [5.41, 5.74) is 4.88. The third kappa shape index (κ3) is 3.74. The maximum Gasteiger partial charge on any atom is 0.255 e. The molecule has 5 heterocycles. The van der Waals surface area contributed by atoms with E-state index in [0.717, 1.165) is 57.1 Å². The second-order valence-corrected chi connectivity index (χ2v) is 9.85. The normalized spacial score (nSPS) is 27.0. The second-order valence-electron chi connectivity index (χ2n) is 9.85. The molecule has 0 aromatic carbocycles. The van der Waals surface area contributed by atoms with Gasteiger partial charge in [0.05, 0.1) is 6.20 Å². The van der Waals surface area contributed by atoms with Crippen molar-refractivity contribution in [2.24, 2.45) is 5.92 Å². The molecule has 2 bridgehead atoms. The number of aromatic amines is 1. The average Bonchev–Trinajstić information content (AvgIpc) is 3.34. The number of likely N-dealkylation sites (N-methyl/N-ethyl adjacent to an activating group) is 1. The minimum Gasteiger partial charge on any atom is -0.312 e. The van der Waals surface area contributed by atoms with Gasteiger partial charge in [-0.15, -0.1) is 0 Å². The van der Waals surface area contributed by atoms with Crippen LogP contribution in [0, 0.1) is 12.8 Å². The van der Waals surface area contributed by atoms with Gasteiger partial charge in [0.15, 0.2) is 0 Å². The Bertz CT molecular complexity index is 963. The van der Waals surface area contributed by atoms with E-state index in [1.807, 2.05) is 6.20 Å². The summed E-state index contributed by atoms with van der Waals surface area (Å²) in [5.74, 6) is 1.01. The molecule has 5 rings (SSSR count). The van der Waals surface area contributed by atoms with E-state index < -0.39 is 0 Å². The van der Waals surface area contributed by atoms with Gasteiger partial charge in [0.1, 0.15) is 0 Å². The first-order valence-corrected chi connectivity index (χ1v) is 11.3. The standard InChI is InChI=1S/C23H34N6O/c1-16-20(9-24-25-16)14-28-10-17-8-19(13-28)22-5-4-18(23(30)29(22)11-17)12-27-7-6-21(15-27)26(2)3/h4-5,9,17,19,21H,6-8,10-15H2,1-3H3,(H,24,25)/t17-,19+,21-/m0/s1. The molecule has 2 saturated heterocycles. The van der Waals surface area contributed by atoms with Gasteiger partial charge in [-0.3, -0.25) is 19.7 Å². The summed E-state index contributed by atoms with van der Waals surface area (Å²) in [4.78, 5) is 20.6. The lowest BCUT2D eigenvalue weighted by Gasteiger charge is -2.43. The highest BCUT2D eigenvalue weighted by Gasteiger charge is 2.35. The molecule has 0 spiro atoms. The molecule has 162 valence electrons. The Labute approximate surface area is 178 Å². The molecular formula is C23H34N6O. The van der Waals surface area contributed by atoms with Crippen molar-refractivity contribution < 1.29 is 0 Å². The number of piperidine rings is 1. The van der Waals surface area contributed by atoms with Crippen molar-refractivity contribution in [3.8, 4) is 0 Å². The molecular weight excluding hydrogens is 376 g/mol. The first kappa shape index (κ1) is 20.0. The number of hydrogen-bond acceptors (Lipinski definition) is 5. The lowest BCUT2D eigenvalue weighted by Crippen LogP contribution is -2.47. The number of fused-ring (bicyclic) bond motifs is 4. The lowest BCUT2D eigenvalue weighted by molar-refractivity contribution is 0.114. The number of aryl methyl sites for hydroxylation is 1. The van der Waals surface area contributed by atoms with Crippen LogP contribution in [-0.2, 0) is 19.6 Å². The monoisotopic (exact) mass is 410 g/mol. The van der Waals surface area contributed by atoms with Crippen molar-refractivity contribution in [3.05, 3.63) is 51.2 Å². The molecule has 3 aliphatic rings. The Kier molecular flexibility index (Phi) is 5.29. The Hall–Kier alpha value is -1.96. The maximum absolute atomic E-state index is 13.3. The van der Waals surface area contributed by atoms with Crippen molar-refractivity contribution in [1.29, 1.82) is 0 Å². The molecule has 3 atom stereocenters. The largest absolute Gasteiger partial charge is 0.312 e. The highest BCUT2D eigenvalue weighted by atomic mass is 16.1. The van der Waals surface area contributed by atoms with Crippen LogP contribution in [0.2, 0.25) is 0 Å². The van der Waals surface area contributed by atoms with Crippen LogP contribution in [0.25, 0.3) is 0 Å². The molecule has 0 radical (unpaired) electrons. The van der Waals surface area contributed by atoms with Gasteiger partial charge in [-0.25, -0.2) is 0 Å². The van der Waals surface area contributed by atoms with Crippen LogP contribution in [-0.4, -0.2) is 75.8 Å². The molecule has 0 amide bonds. The molecule has 2 aromatic rings. The Balaban J connectivity index is 1.31. The van der Waals surface area contributed by atoms with Crippen molar-refractivity contribution in [3.63, 3.8) is 0 Å². The molecule has 7 nitrogen and oxygen atoms in total. The third-order valence-electron chi connectivity index (χ3n) is 7.46. The Morgan fingerprint density at radius 2 is 1.93 bits per heavy atom. The molecule has 30 heavy (non-hydrogen) atoms. The molecule has 0 unspecified atom stereocenters. The van der Waals surface area contributed by atoms with Gasteiger partial charge < -0.3 is 9.47 Å². The van der Waals surface area contributed by atoms with E-state index in [-0.39, 0.29) is 5.56 Å². The summed E-state index contributed by atoms with van der Waals surface area (Å²) in [6.45, 7) is 8.90. The summed E-state index contributed by atoms with van der Waals surface area (Å²) in [5, 5.41) is 7.22. The van der Waals surface area contributed by atoms with E-state index in [1.165, 1.54) is 24.1 Å². The molecule has 1 N–H and O–H groups in total. The Morgan fingerprint density at radius 1 is 1.10 bits per heavy atom. The Morgan fingerprint density at radius 3 is 2.67 bits per heavy atom. The lowest BCUT2D eigenvalue weighted by atomic mass is 9.83. The smallest absolute Gasteiger partial charge is 0.255 e. The summed E-state index contributed by atoms with van der Waals surface area (Å²) in [7, 11) is 4.30. The minimum atomic E-state index is 0.245. The molecule has 7 heteroatoms. The third-order valence-corrected chi connectivity index (χ3v) is 7.46. The number of likely N-dealkylation sites (tertiary alicyclic amines) is 2. The molecule has 0 saturated carbocycles. The van der Waals surface area contributed by atoms with Gasteiger partial charge >= 0.3 is 0 Å². The van der Waals surface area contributed by atoms with Crippen LogP contribution in [0.1, 0.15) is 41.3 Å². The van der Waals surface area contributed by atoms with Gasteiger partial charge in [0.2, 0.25) is 0 Å². The van der Waals surface area contributed by atoms with Crippen molar-refractivity contribution in [2.45, 2.75) is 51.4 Å². The number of rotatable bonds is 5. The van der Waals surface area contributed by atoms with Crippen molar-refractivity contribution in [2.75, 3.05) is 40.3 Å². The van der Waals surface area contributed by atoms with E-state index in [1.54, 1.807) is 0 Å². The fourth-order valence-corrected chi connectivity index (χ4v) is 5.73. The second kappa shape index (κ2) is 7.94. The van der Waals surface area contributed by atoms with Gasteiger partial charge in [0.25, 0.3) is 5.56 Å². The van der Waals surface area contributed by atoms with Gasteiger partial charge in [-0.1, -0.05) is 6.07 Å². The van der Waals surface area contributed by atoms with Gasteiger partial charge in [-0.05, 0) is 45.8 Å². The summed E-state index contributed by atoms with van der Waals surface area (Å²) < 4.78 is 2.11. The van der Waals surface area contributed by atoms with E-state index in [9.17, 15) is 4.79 Å². The molecule has 0 aliphatic carbocycles. The highest BCUT2D eigenvalue weighted by Crippen LogP contribution is 2.36. The zero-order valence-electron chi connectivity index (χ0n) is 18.5. The van der Waals surface area contributed by atoms with Crippen molar-refractivity contribution >= 4 is 0 Å². The quantitative estimate of drug-likeness (QED) is 0.812. The van der Waals surface area contributed by atoms with Gasteiger partial charge in [0, 0.05) is 80.3 Å². The predicted molar refractivity (Wildman–Crippen MR) is 118 cm³/mol. The minimum absolute atomic E-state index is 0.245. The van der Waals surface area contributed by atoms with Crippen LogP contribution >= 0.6 is 0 Å². The number of hydrogen-bond donors (Lipinski definition) is 1. The van der Waals surface area contributed by atoms with Crippen LogP contribution < -0.4 is 5.56 Å². The van der Waals surface area contributed by atoms with E-state index in [2.05, 4.69) is 62.6 Å².